The quantitative estimate of drug-likeness (QED) is 0.189. The third kappa shape index (κ3) is 68.0. The van der Waals surface area contributed by atoms with E-state index < -0.39 is 0 Å². The molecule has 0 aromatic heterocycles. The molecule has 0 aliphatic carbocycles. The van der Waals surface area contributed by atoms with E-state index in [0.29, 0.717) is 0 Å². The van der Waals surface area contributed by atoms with Gasteiger partial charge in [-0.2, -0.15) is 0 Å². The maximum atomic E-state index is 5.17. The predicted molar refractivity (Wildman–Crippen MR) is 111 cm³/mol. The van der Waals surface area contributed by atoms with Crippen molar-refractivity contribution < 1.29 is 0 Å². The second kappa shape index (κ2) is 43.4. The fraction of sp³-hybridized carbons (Fsp3) is 1.00. The lowest BCUT2D eigenvalue weighted by atomic mass is 10.4. The molecule has 10 N–H and O–H groups in total. The summed E-state index contributed by atoms with van der Waals surface area (Å²) in [6.07, 6.45) is 2.30. The number of rotatable bonds is 12. The Bertz CT molecular complexity index is 128. The van der Waals surface area contributed by atoms with Gasteiger partial charge in [0, 0.05) is 26.2 Å². The van der Waals surface area contributed by atoms with Gasteiger partial charge < -0.3 is 43.4 Å². The summed E-state index contributed by atoms with van der Waals surface area (Å²) in [5, 5.41) is 18.0. The molecule has 0 saturated heterocycles. The standard InChI is InChI=1S/C5H14N2.2C4H12N2.C3H10N2/c1-6-4-3-5-7-2;1-5-3-4-6-2;1-6-4-2-3-5;1-5-3-2-4/h6-7H,3-5H2,1-2H3;5-6H,3-4H2,1-2H3;6H,2-5H2,1H3;5H,2-4H2,1H3. The average molecular weight is 353 g/mol. The molecule has 0 spiro atoms. The molecule has 0 aliphatic heterocycles. The Morgan fingerprint density at radius 1 is 0.417 bits per heavy atom. The molecule has 0 unspecified atom stereocenters. The van der Waals surface area contributed by atoms with E-state index in [1.807, 2.05) is 42.3 Å². The zero-order valence-corrected chi connectivity index (χ0v) is 17.2. The van der Waals surface area contributed by atoms with Crippen molar-refractivity contribution in [2.75, 3.05) is 94.6 Å². The van der Waals surface area contributed by atoms with Crippen LogP contribution in [0.3, 0.4) is 0 Å². The largest absolute Gasteiger partial charge is 0.330 e. The molecule has 0 radical (unpaired) electrons. The molecule has 24 heavy (non-hydrogen) atoms. The van der Waals surface area contributed by atoms with Crippen molar-refractivity contribution in [3.05, 3.63) is 0 Å². The van der Waals surface area contributed by atoms with Crippen LogP contribution < -0.4 is 43.4 Å². The minimum absolute atomic E-state index is 0.733. The lowest BCUT2D eigenvalue weighted by molar-refractivity contribution is 0.676. The van der Waals surface area contributed by atoms with Gasteiger partial charge in [-0.05, 0) is 81.3 Å². The van der Waals surface area contributed by atoms with Gasteiger partial charge in [0.05, 0.1) is 0 Å². The Balaban J connectivity index is -0.000000112. The molecule has 0 rings (SSSR count). The monoisotopic (exact) mass is 352 g/mol. The Hall–Kier alpha value is -0.320. The number of likely N-dealkylation sites (N-methyl/N-ethyl adjacent to an activating group) is 3. The van der Waals surface area contributed by atoms with E-state index in [0.717, 1.165) is 58.8 Å². The zero-order chi connectivity index (χ0) is 19.3. The Morgan fingerprint density at radius 2 is 0.750 bits per heavy atom. The fourth-order valence-electron chi connectivity index (χ4n) is 1.12. The Morgan fingerprint density at radius 3 is 0.917 bits per heavy atom. The van der Waals surface area contributed by atoms with Gasteiger partial charge in [-0.25, -0.2) is 0 Å². The van der Waals surface area contributed by atoms with Crippen LogP contribution in [0.25, 0.3) is 0 Å². The molecule has 0 atom stereocenters. The summed E-state index contributed by atoms with van der Waals surface area (Å²) in [6, 6.07) is 0. The molecule has 0 aliphatic rings. The summed E-state index contributed by atoms with van der Waals surface area (Å²) in [5.41, 5.74) is 10.3. The molecule has 8 heteroatoms. The molecule has 0 aromatic carbocycles. The van der Waals surface area contributed by atoms with Crippen molar-refractivity contribution in [1.29, 1.82) is 0 Å². The summed E-state index contributed by atoms with van der Waals surface area (Å²) < 4.78 is 0. The third-order valence-electron chi connectivity index (χ3n) is 2.50. The van der Waals surface area contributed by atoms with Crippen molar-refractivity contribution in [1.82, 2.24) is 31.9 Å². The van der Waals surface area contributed by atoms with E-state index in [4.69, 9.17) is 11.5 Å². The highest BCUT2D eigenvalue weighted by atomic mass is 14.9. The predicted octanol–water partition coefficient (Wildman–Crippen LogP) is -2.04. The molecule has 0 heterocycles. The maximum Gasteiger partial charge on any atom is 0.00736 e. The molecule has 0 aromatic rings. The summed E-state index contributed by atoms with van der Waals surface area (Å²) in [5.74, 6) is 0. The lowest BCUT2D eigenvalue weighted by Gasteiger charge is -1.95. The van der Waals surface area contributed by atoms with E-state index in [9.17, 15) is 0 Å². The second-order valence-corrected chi connectivity index (χ2v) is 4.91. The van der Waals surface area contributed by atoms with Crippen LogP contribution in [0.5, 0.6) is 0 Å². The van der Waals surface area contributed by atoms with Crippen molar-refractivity contribution >= 4 is 0 Å². The smallest absolute Gasteiger partial charge is 0.00736 e. The minimum atomic E-state index is 0.733. The third-order valence-corrected chi connectivity index (χ3v) is 2.50. The van der Waals surface area contributed by atoms with Gasteiger partial charge in [0.1, 0.15) is 0 Å². The van der Waals surface area contributed by atoms with Crippen LogP contribution in [0, 0.1) is 0 Å². The SMILES string of the molecule is CNCCCN.CNCCCNC.CNCCN.CNCCNC. The molecule has 0 saturated carbocycles. The molecular weight excluding hydrogens is 304 g/mol. The van der Waals surface area contributed by atoms with Gasteiger partial charge >= 0.3 is 0 Å². The van der Waals surface area contributed by atoms with Crippen LogP contribution in [0.1, 0.15) is 12.8 Å². The maximum absolute atomic E-state index is 5.17. The topological polar surface area (TPSA) is 124 Å². The van der Waals surface area contributed by atoms with Crippen LogP contribution in [-0.2, 0) is 0 Å². The highest BCUT2D eigenvalue weighted by Crippen LogP contribution is 1.66. The van der Waals surface area contributed by atoms with E-state index in [2.05, 4.69) is 31.9 Å². The van der Waals surface area contributed by atoms with Gasteiger partial charge in [-0.3, -0.25) is 0 Å². The minimum Gasteiger partial charge on any atom is -0.330 e. The molecule has 8 nitrogen and oxygen atoms in total. The zero-order valence-electron chi connectivity index (χ0n) is 17.2. The number of hydrogen-bond acceptors (Lipinski definition) is 8. The van der Waals surface area contributed by atoms with Gasteiger partial charge in [0.2, 0.25) is 0 Å². The van der Waals surface area contributed by atoms with Gasteiger partial charge in [-0.15, -0.1) is 0 Å². The first kappa shape index (κ1) is 31.4. The number of nitrogens with two attached hydrogens (primary N) is 2. The van der Waals surface area contributed by atoms with Crippen molar-refractivity contribution in [2.24, 2.45) is 11.5 Å². The van der Waals surface area contributed by atoms with Gasteiger partial charge in [0.15, 0.2) is 0 Å². The highest BCUT2D eigenvalue weighted by molar-refractivity contribution is 4.42. The first-order chi connectivity index (χ1) is 11.7. The highest BCUT2D eigenvalue weighted by Gasteiger charge is 1.77. The van der Waals surface area contributed by atoms with E-state index in [1.54, 1.807) is 0 Å². The molecule has 0 bridgehead atoms. The van der Waals surface area contributed by atoms with Crippen LogP contribution >= 0.6 is 0 Å². The van der Waals surface area contributed by atoms with E-state index in [-0.39, 0.29) is 0 Å². The lowest BCUT2D eigenvalue weighted by Crippen LogP contribution is -2.21. The van der Waals surface area contributed by atoms with Crippen LogP contribution in [0.2, 0.25) is 0 Å². The van der Waals surface area contributed by atoms with E-state index in [1.165, 1.54) is 6.42 Å². The van der Waals surface area contributed by atoms with Crippen LogP contribution in [0.15, 0.2) is 0 Å². The first-order valence-corrected chi connectivity index (χ1v) is 8.94. The van der Waals surface area contributed by atoms with Crippen molar-refractivity contribution in [2.45, 2.75) is 12.8 Å². The number of hydrogen-bond donors (Lipinski definition) is 8. The average Bonchev–Trinajstić information content (AvgIpc) is 2.61. The molecular formula is C16H48N8. The van der Waals surface area contributed by atoms with E-state index >= 15 is 0 Å². The molecule has 152 valence electrons. The summed E-state index contributed by atoms with van der Waals surface area (Å²) in [4.78, 5) is 0. The first-order valence-electron chi connectivity index (χ1n) is 8.94. The van der Waals surface area contributed by atoms with Crippen LogP contribution in [0.4, 0.5) is 0 Å². The van der Waals surface area contributed by atoms with Gasteiger partial charge in [-0.1, -0.05) is 0 Å². The Labute approximate surface area is 151 Å². The summed E-state index contributed by atoms with van der Waals surface area (Å²) in [7, 11) is 11.6. The van der Waals surface area contributed by atoms with Gasteiger partial charge in [0.25, 0.3) is 0 Å². The molecule has 0 amide bonds. The summed E-state index contributed by atoms with van der Waals surface area (Å²) in [6.45, 7) is 7.81. The molecule has 0 fully saturated rings. The number of nitrogens with one attached hydrogen (secondary N) is 6. The van der Waals surface area contributed by atoms with Crippen LogP contribution in [-0.4, -0.2) is 94.6 Å². The second-order valence-electron chi connectivity index (χ2n) is 4.91. The summed E-state index contributed by atoms with van der Waals surface area (Å²) >= 11 is 0. The van der Waals surface area contributed by atoms with Crippen molar-refractivity contribution in [3.63, 3.8) is 0 Å². The Kier molecular flexibility index (Phi) is 56.8. The van der Waals surface area contributed by atoms with Crippen molar-refractivity contribution in [3.8, 4) is 0 Å². The normalized spacial score (nSPS) is 9.00. The fourth-order valence-corrected chi connectivity index (χ4v) is 1.12.